The maximum absolute atomic E-state index is 13.0. The van der Waals surface area contributed by atoms with Crippen LogP contribution in [0.15, 0.2) is 29.2 Å². The number of hydrogen-bond acceptors (Lipinski definition) is 5. The highest BCUT2D eigenvalue weighted by molar-refractivity contribution is 7.89. The van der Waals surface area contributed by atoms with Crippen LogP contribution in [0, 0.1) is 0 Å². The molecule has 2 rings (SSSR count). The molecule has 0 spiro atoms. The molecule has 0 aromatic heterocycles. The summed E-state index contributed by atoms with van der Waals surface area (Å²) in [5.74, 6) is -0.389. The molecule has 8 nitrogen and oxygen atoms in total. The fourth-order valence-corrected chi connectivity index (χ4v) is 4.69. The third-order valence-corrected chi connectivity index (χ3v) is 6.23. The number of nitrogens with two attached hydrogens (primary N) is 1. The molecule has 0 bridgehead atoms. The number of carbonyl (C=O) groups excluding carboxylic acids is 2. The molecule has 1 aliphatic heterocycles. The van der Waals surface area contributed by atoms with Crippen molar-refractivity contribution in [3.63, 3.8) is 0 Å². The minimum absolute atomic E-state index is 0.171. The number of anilines is 1. The van der Waals surface area contributed by atoms with Crippen LogP contribution in [0.2, 0.25) is 0 Å². The molecule has 2 amide bonds. The van der Waals surface area contributed by atoms with Crippen LogP contribution in [0.3, 0.4) is 0 Å². The van der Waals surface area contributed by atoms with Gasteiger partial charge in [-0.2, -0.15) is 4.31 Å². The van der Waals surface area contributed by atoms with Gasteiger partial charge in [0.05, 0.1) is 4.90 Å². The van der Waals surface area contributed by atoms with Crippen LogP contribution in [-0.2, 0) is 19.6 Å². The number of sulfonamides is 1. The van der Waals surface area contributed by atoms with E-state index in [1.807, 2.05) is 0 Å². The Balaban J connectivity index is 2.13. The summed E-state index contributed by atoms with van der Waals surface area (Å²) in [4.78, 5) is 22.9. The summed E-state index contributed by atoms with van der Waals surface area (Å²) in [6, 6.07) is 5.83. The summed E-state index contributed by atoms with van der Waals surface area (Å²) < 4.78 is 27.5. The highest BCUT2D eigenvalue weighted by atomic mass is 32.2. The molecule has 1 aliphatic rings. The molecule has 26 heavy (non-hydrogen) atoms. The van der Waals surface area contributed by atoms with E-state index in [0.29, 0.717) is 18.7 Å². The monoisotopic (exact) mass is 382 g/mol. The van der Waals surface area contributed by atoms with E-state index in [1.165, 1.54) is 23.4 Å². The molecule has 1 saturated heterocycles. The minimum Gasteiger partial charge on any atom is -0.354 e. The molecule has 1 heterocycles. The Kier molecular flexibility index (Phi) is 7.13. The second kappa shape index (κ2) is 9.11. The average Bonchev–Trinajstić information content (AvgIpc) is 2.60. The standard InChI is InChI=1S/C17H26N4O4S/c1-13(22)20-14-5-7-16(8-6-14)26(24,25)21-11-3-2-4-15(21)12-19-17(23)9-10-18/h5-8,15H,2-4,9-12,18H2,1H3,(H,19,23)(H,20,22). The molecule has 0 radical (unpaired) electrons. The quantitative estimate of drug-likeness (QED) is 0.639. The van der Waals surface area contributed by atoms with Crippen molar-refractivity contribution in [1.29, 1.82) is 0 Å². The maximum atomic E-state index is 13.0. The zero-order valence-electron chi connectivity index (χ0n) is 14.9. The smallest absolute Gasteiger partial charge is 0.243 e. The van der Waals surface area contributed by atoms with Crippen molar-refractivity contribution in [3.8, 4) is 0 Å². The average molecular weight is 382 g/mol. The first-order valence-corrected chi connectivity index (χ1v) is 10.1. The first kappa shape index (κ1) is 20.3. The number of rotatable bonds is 7. The van der Waals surface area contributed by atoms with Gasteiger partial charge in [-0.25, -0.2) is 8.42 Å². The van der Waals surface area contributed by atoms with Gasteiger partial charge in [0.1, 0.15) is 0 Å². The van der Waals surface area contributed by atoms with E-state index < -0.39 is 10.0 Å². The number of hydrogen-bond donors (Lipinski definition) is 3. The summed E-state index contributed by atoms with van der Waals surface area (Å²) in [7, 11) is -3.67. The predicted octanol–water partition coefficient (Wildman–Crippen LogP) is 0.653. The van der Waals surface area contributed by atoms with Crippen molar-refractivity contribution in [1.82, 2.24) is 9.62 Å². The zero-order valence-corrected chi connectivity index (χ0v) is 15.7. The highest BCUT2D eigenvalue weighted by Gasteiger charge is 2.33. The van der Waals surface area contributed by atoms with E-state index >= 15 is 0 Å². The van der Waals surface area contributed by atoms with E-state index in [2.05, 4.69) is 10.6 Å². The molecular weight excluding hydrogens is 356 g/mol. The van der Waals surface area contributed by atoms with Gasteiger partial charge in [-0.15, -0.1) is 0 Å². The van der Waals surface area contributed by atoms with E-state index in [9.17, 15) is 18.0 Å². The molecule has 144 valence electrons. The number of carbonyl (C=O) groups is 2. The number of amides is 2. The van der Waals surface area contributed by atoms with Gasteiger partial charge >= 0.3 is 0 Å². The van der Waals surface area contributed by atoms with Crippen LogP contribution in [0.1, 0.15) is 32.6 Å². The molecular formula is C17H26N4O4S. The van der Waals surface area contributed by atoms with Crippen molar-refractivity contribution >= 4 is 27.5 Å². The molecule has 9 heteroatoms. The number of piperidine rings is 1. The summed E-state index contributed by atoms with van der Waals surface area (Å²) in [6.07, 6.45) is 2.64. The van der Waals surface area contributed by atoms with Gasteiger partial charge in [0.15, 0.2) is 0 Å². The van der Waals surface area contributed by atoms with Gasteiger partial charge < -0.3 is 16.4 Å². The van der Waals surface area contributed by atoms with Crippen LogP contribution in [0.25, 0.3) is 0 Å². The zero-order chi connectivity index (χ0) is 19.2. The largest absolute Gasteiger partial charge is 0.354 e. The Morgan fingerprint density at radius 3 is 2.54 bits per heavy atom. The Morgan fingerprint density at radius 1 is 1.23 bits per heavy atom. The molecule has 1 unspecified atom stereocenters. The van der Waals surface area contributed by atoms with Crippen LogP contribution in [0.4, 0.5) is 5.69 Å². The molecule has 0 saturated carbocycles. The van der Waals surface area contributed by atoms with Crippen molar-refractivity contribution in [2.75, 3.05) is 25.0 Å². The molecule has 0 aliphatic carbocycles. The van der Waals surface area contributed by atoms with E-state index in [1.54, 1.807) is 12.1 Å². The van der Waals surface area contributed by atoms with Crippen LogP contribution in [0.5, 0.6) is 0 Å². The van der Waals surface area contributed by atoms with Crippen LogP contribution < -0.4 is 16.4 Å². The first-order chi connectivity index (χ1) is 12.3. The topological polar surface area (TPSA) is 122 Å². The predicted molar refractivity (Wildman–Crippen MR) is 99.0 cm³/mol. The molecule has 1 aromatic rings. The third-order valence-electron chi connectivity index (χ3n) is 4.26. The minimum atomic E-state index is -3.67. The Hall–Kier alpha value is -1.97. The summed E-state index contributed by atoms with van der Waals surface area (Å²) in [6.45, 7) is 2.36. The Bertz CT molecular complexity index is 734. The molecule has 1 atom stereocenters. The molecule has 4 N–H and O–H groups in total. The van der Waals surface area contributed by atoms with Crippen LogP contribution >= 0.6 is 0 Å². The maximum Gasteiger partial charge on any atom is 0.243 e. The van der Waals surface area contributed by atoms with Gasteiger partial charge in [0.2, 0.25) is 21.8 Å². The van der Waals surface area contributed by atoms with Gasteiger partial charge in [0.25, 0.3) is 0 Å². The van der Waals surface area contributed by atoms with E-state index in [4.69, 9.17) is 5.73 Å². The lowest BCUT2D eigenvalue weighted by Crippen LogP contribution is -2.49. The van der Waals surface area contributed by atoms with Crippen molar-refractivity contribution < 1.29 is 18.0 Å². The summed E-state index contributed by atoms with van der Waals surface area (Å²) in [5.41, 5.74) is 5.90. The molecule has 1 fully saturated rings. The van der Waals surface area contributed by atoms with Gasteiger partial charge in [-0.05, 0) is 37.1 Å². The SMILES string of the molecule is CC(=O)Nc1ccc(S(=O)(=O)N2CCCCC2CNC(=O)CCN)cc1. The van der Waals surface area contributed by atoms with Crippen molar-refractivity contribution in [2.45, 2.75) is 43.5 Å². The second-order valence-corrected chi connectivity index (χ2v) is 8.20. The lowest BCUT2D eigenvalue weighted by molar-refractivity contribution is -0.121. The number of benzene rings is 1. The fourth-order valence-electron chi connectivity index (χ4n) is 2.99. The number of nitrogens with zero attached hydrogens (tertiary/aromatic N) is 1. The summed E-state index contributed by atoms with van der Waals surface area (Å²) >= 11 is 0. The first-order valence-electron chi connectivity index (χ1n) is 8.71. The lowest BCUT2D eigenvalue weighted by atomic mass is 10.1. The summed E-state index contributed by atoms with van der Waals surface area (Å²) in [5, 5.41) is 5.38. The Morgan fingerprint density at radius 2 is 1.92 bits per heavy atom. The fraction of sp³-hybridized carbons (Fsp3) is 0.529. The highest BCUT2D eigenvalue weighted by Crippen LogP contribution is 2.26. The van der Waals surface area contributed by atoms with Crippen LogP contribution in [-0.4, -0.2) is 50.2 Å². The van der Waals surface area contributed by atoms with Gasteiger partial charge in [-0.1, -0.05) is 6.42 Å². The lowest BCUT2D eigenvalue weighted by Gasteiger charge is -2.34. The third kappa shape index (κ3) is 5.26. The number of nitrogens with one attached hydrogen (secondary N) is 2. The second-order valence-electron chi connectivity index (χ2n) is 6.31. The van der Waals surface area contributed by atoms with Crippen molar-refractivity contribution in [2.24, 2.45) is 5.73 Å². The van der Waals surface area contributed by atoms with Gasteiger partial charge in [-0.3, -0.25) is 9.59 Å². The van der Waals surface area contributed by atoms with E-state index in [-0.39, 0.29) is 42.3 Å². The van der Waals surface area contributed by atoms with Crippen molar-refractivity contribution in [3.05, 3.63) is 24.3 Å². The normalized spacial score (nSPS) is 18.3. The molecule has 1 aromatic carbocycles. The van der Waals surface area contributed by atoms with Gasteiger partial charge in [0, 0.05) is 44.7 Å². The van der Waals surface area contributed by atoms with E-state index in [0.717, 1.165) is 12.8 Å². The Labute approximate surface area is 154 Å².